The van der Waals surface area contributed by atoms with Crippen molar-refractivity contribution >= 4 is 10.0 Å². The van der Waals surface area contributed by atoms with E-state index in [1.54, 1.807) is 0 Å². The number of nitriles is 1. The molecule has 0 aliphatic heterocycles. The Morgan fingerprint density at radius 2 is 1.56 bits per heavy atom. The largest absolute Gasteiger partial charge is 0.214 e. The minimum absolute atomic E-state index is 0.188. The molecule has 4 nitrogen and oxygen atoms in total. The fourth-order valence-corrected chi connectivity index (χ4v) is 2.90. The van der Waals surface area contributed by atoms with Gasteiger partial charge in [0.05, 0.1) is 11.8 Å². The van der Waals surface area contributed by atoms with Crippen molar-refractivity contribution in [1.29, 1.82) is 5.26 Å². The molecule has 0 aliphatic carbocycles. The zero-order valence-corrected chi connectivity index (χ0v) is 12.3. The number of sulfonamides is 1. The van der Waals surface area contributed by atoms with Crippen LogP contribution in [0.15, 0.2) is 0 Å². The number of hydrogen-bond acceptors (Lipinski definition) is 3. The van der Waals surface area contributed by atoms with Gasteiger partial charge in [-0.3, -0.25) is 0 Å². The van der Waals surface area contributed by atoms with E-state index in [1.165, 1.54) is 32.1 Å². The Labute approximate surface area is 112 Å². The van der Waals surface area contributed by atoms with Gasteiger partial charge in [-0.1, -0.05) is 51.9 Å². The third kappa shape index (κ3) is 11.9. The summed E-state index contributed by atoms with van der Waals surface area (Å²) in [6, 6.07) is 1.91. The molecule has 0 rings (SSSR count). The molecule has 0 aromatic carbocycles. The van der Waals surface area contributed by atoms with Crippen LogP contribution in [0.5, 0.6) is 0 Å². The molecule has 0 unspecified atom stereocenters. The van der Waals surface area contributed by atoms with Gasteiger partial charge >= 0.3 is 0 Å². The molecule has 0 bridgehead atoms. The van der Waals surface area contributed by atoms with Crippen LogP contribution < -0.4 is 4.72 Å². The second-order valence-electron chi connectivity index (χ2n) is 4.60. The van der Waals surface area contributed by atoms with E-state index >= 15 is 0 Å². The fourth-order valence-electron chi connectivity index (χ4n) is 1.76. The highest BCUT2D eigenvalue weighted by molar-refractivity contribution is 7.89. The van der Waals surface area contributed by atoms with E-state index in [9.17, 15) is 8.42 Å². The van der Waals surface area contributed by atoms with E-state index in [1.807, 2.05) is 6.07 Å². The van der Waals surface area contributed by atoms with E-state index in [0.29, 0.717) is 0 Å². The lowest BCUT2D eigenvalue weighted by atomic mass is 10.1. The van der Waals surface area contributed by atoms with Crippen LogP contribution in [0, 0.1) is 11.3 Å². The quantitative estimate of drug-likeness (QED) is 0.556. The van der Waals surface area contributed by atoms with Crippen molar-refractivity contribution in [3.05, 3.63) is 0 Å². The van der Waals surface area contributed by atoms with Crippen LogP contribution in [-0.4, -0.2) is 20.7 Å². The number of nitrogens with zero attached hydrogens (tertiary/aromatic N) is 1. The Hall–Kier alpha value is -0.600. The van der Waals surface area contributed by atoms with Crippen molar-refractivity contribution in [2.24, 2.45) is 0 Å². The second-order valence-corrected chi connectivity index (χ2v) is 6.52. The van der Waals surface area contributed by atoms with E-state index in [2.05, 4.69) is 11.6 Å². The van der Waals surface area contributed by atoms with Crippen molar-refractivity contribution in [1.82, 2.24) is 4.72 Å². The molecule has 18 heavy (non-hydrogen) atoms. The normalized spacial score (nSPS) is 11.3. The van der Waals surface area contributed by atoms with Gasteiger partial charge in [-0.05, 0) is 6.42 Å². The molecule has 106 valence electrons. The summed E-state index contributed by atoms with van der Waals surface area (Å²) in [6.07, 6.45) is 9.38. The predicted octanol–water partition coefficient (Wildman–Crippen LogP) is 2.96. The van der Waals surface area contributed by atoms with Crippen LogP contribution in [0.4, 0.5) is 0 Å². The molecule has 1 N–H and O–H groups in total. The van der Waals surface area contributed by atoms with Gasteiger partial charge in [0, 0.05) is 13.0 Å². The Bertz CT molecular complexity index is 320. The molecule has 5 heteroatoms. The van der Waals surface area contributed by atoms with Crippen molar-refractivity contribution in [3.63, 3.8) is 0 Å². The molecule has 0 saturated carbocycles. The summed E-state index contributed by atoms with van der Waals surface area (Å²) in [6.45, 7) is 2.43. The van der Waals surface area contributed by atoms with Crippen LogP contribution in [0.25, 0.3) is 0 Å². The number of hydrogen-bond donors (Lipinski definition) is 1. The summed E-state index contributed by atoms with van der Waals surface area (Å²) >= 11 is 0. The average molecular weight is 274 g/mol. The van der Waals surface area contributed by atoms with Crippen molar-refractivity contribution in [3.8, 4) is 6.07 Å². The molecule has 0 aromatic heterocycles. The van der Waals surface area contributed by atoms with E-state index in [-0.39, 0.29) is 18.7 Å². The first kappa shape index (κ1) is 17.4. The highest BCUT2D eigenvalue weighted by Crippen LogP contribution is 2.08. The molecule has 0 saturated heterocycles. The molecule has 0 aliphatic rings. The molecular formula is C13H26N2O2S. The van der Waals surface area contributed by atoms with Crippen LogP contribution in [-0.2, 0) is 10.0 Å². The minimum Gasteiger partial charge on any atom is -0.214 e. The van der Waals surface area contributed by atoms with Gasteiger partial charge in [-0.2, -0.15) is 5.26 Å². The standard InChI is InChI=1S/C13H26N2O2S/c1-2-3-4-5-6-7-8-9-13-18(16,17)15-12-10-11-14/h15H,2-10,12-13H2,1H3. The number of unbranched alkanes of at least 4 members (excludes halogenated alkanes) is 7. The zero-order chi connectivity index (χ0) is 13.7. The number of nitrogens with one attached hydrogen (secondary N) is 1. The molecule has 0 radical (unpaired) electrons. The monoisotopic (exact) mass is 274 g/mol. The van der Waals surface area contributed by atoms with Gasteiger partial charge in [0.1, 0.15) is 0 Å². The van der Waals surface area contributed by atoms with Crippen molar-refractivity contribution in [2.45, 2.75) is 64.7 Å². The third-order valence-electron chi connectivity index (χ3n) is 2.83. The van der Waals surface area contributed by atoms with E-state index in [4.69, 9.17) is 5.26 Å². The maximum atomic E-state index is 11.5. The van der Waals surface area contributed by atoms with Gasteiger partial charge in [-0.25, -0.2) is 13.1 Å². The molecule has 0 heterocycles. The summed E-state index contributed by atoms with van der Waals surface area (Å²) in [4.78, 5) is 0. The van der Waals surface area contributed by atoms with Gasteiger partial charge in [0.25, 0.3) is 0 Å². The van der Waals surface area contributed by atoms with Gasteiger partial charge in [0.15, 0.2) is 0 Å². The summed E-state index contributed by atoms with van der Waals surface area (Å²) in [7, 11) is -3.16. The summed E-state index contributed by atoms with van der Waals surface area (Å²) in [5, 5.41) is 8.31. The Kier molecular flexibility index (Phi) is 11.1. The Balaban J connectivity index is 3.39. The van der Waals surface area contributed by atoms with Crippen LogP contribution >= 0.6 is 0 Å². The summed E-state index contributed by atoms with van der Waals surface area (Å²) in [5.41, 5.74) is 0. The highest BCUT2D eigenvalue weighted by atomic mass is 32.2. The topological polar surface area (TPSA) is 70.0 Å². The minimum atomic E-state index is -3.16. The van der Waals surface area contributed by atoms with Crippen LogP contribution in [0.3, 0.4) is 0 Å². The first-order chi connectivity index (χ1) is 8.62. The van der Waals surface area contributed by atoms with Gasteiger partial charge < -0.3 is 0 Å². The first-order valence-electron chi connectivity index (χ1n) is 6.96. The Morgan fingerprint density at radius 3 is 2.11 bits per heavy atom. The molecule has 0 fully saturated rings. The average Bonchev–Trinajstić information content (AvgIpc) is 2.33. The van der Waals surface area contributed by atoms with E-state index < -0.39 is 10.0 Å². The molecular weight excluding hydrogens is 248 g/mol. The first-order valence-corrected chi connectivity index (χ1v) is 8.62. The maximum Gasteiger partial charge on any atom is 0.211 e. The van der Waals surface area contributed by atoms with Crippen molar-refractivity contribution in [2.75, 3.05) is 12.3 Å². The van der Waals surface area contributed by atoms with Crippen molar-refractivity contribution < 1.29 is 8.42 Å². The summed E-state index contributed by atoms with van der Waals surface area (Å²) < 4.78 is 25.3. The van der Waals surface area contributed by atoms with Crippen LogP contribution in [0.2, 0.25) is 0 Å². The second kappa shape index (κ2) is 11.5. The fraction of sp³-hybridized carbons (Fsp3) is 0.923. The Morgan fingerprint density at radius 1 is 1.00 bits per heavy atom. The maximum absolute atomic E-state index is 11.5. The molecule has 0 atom stereocenters. The smallest absolute Gasteiger partial charge is 0.211 e. The highest BCUT2D eigenvalue weighted by Gasteiger charge is 2.08. The molecule has 0 spiro atoms. The molecule has 0 aromatic rings. The van der Waals surface area contributed by atoms with E-state index in [0.717, 1.165) is 19.3 Å². The lowest BCUT2D eigenvalue weighted by molar-refractivity contribution is 0.565. The predicted molar refractivity (Wildman–Crippen MR) is 74.6 cm³/mol. The zero-order valence-electron chi connectivity index (χ0n) is 11.5. The third-order valence-corrected chi connectivity index (χ3v) is 4.30. The van der Waals surface area contributed by atoms with Gasteiger partial charge in [0.2, 0.25) is 10.0 Å². The summed E-state index contributed by atoms with van der Waals surface area (Å²) in [5.74, 6) is 0.188. The SMILES string of the molecule is CCCCCCCCCCS(=O)(=O)NCCC#N. The lowest BCUT2D eigenvalue weighted by Gasteiger charge is -2.05. The number of rotatable bonds is 12. The lowest BCUT2D eigenvalue weighted by Crippen LogP contribution is -2.27. The van der Waals surface area contributed by atoms with Crippen LogP contribution in [0.1, 0.15) is 64.7 Å². The van der Waals surface area contributed by atoms with Gasteiger partial charge in [-0.15, -0.1) is 0 Å². The molecule has 0 amide bonds.